The van der Waals surface area contributed by atoms with Gasteiger partial charge in [-0.25, -0.2) is 0 Å². The van der Waals surface area contributed by atoms with Gasteiger partial charge in [0.15, 0.2) is 0 Å². The Kier molecular flexibility index (Phi) is 3.76. The lowest BCUT2D eigenvalue weighted by molar-refractivity contribution is -0.132. The zero-order chi connectivity index (χ0) is 9.84. The molecule has 0 aliphatic carbocycles. The molecule has 0 aromatic rings. The fraction of sp³-hybridized carbons (Fsp3) is 0.909. The minimum absolute atomic E-state index is 0.361. The molecule has 0 radical (unpaired) electrons. The monoisotopic (exact) mass is 183 g/mol. The first-order valence-corrected chi connectivity index (χ1v) is 5.44. The Balaban J connectivity index is 2.38. The molecule has 1 fully saturated rings. The Labute approximate surface area is 81.3 Å². The smallest absolute Gasteiger partial charge is 0.223 e. The molecule has 13 heavy (non-hydrogen) atoms. The van der Waals surface area contributed by atoms with Crippen LogP contribution in [-0.2, 0) is 4.79 Å². The molecule has 2 heteroatoms. The summed E-state index contributed by atoms with van der Waals surface area (Å²) in [6.07, 6.45) is 4.22. The molecule has 1 aliphatic heterocycles. The number of amides is 1. The summed E-state index contributed by atoms with van der Waals surface area (Å²) >= 11 is 0. The van der Waals surface area contributed by atoms with Crippen molar-refractivity contribution < 1.29 is 4.79 Å². The SMILES string of the molecule is CCC(C)CC(=O)N1CCCC1C. The van der Waals surface area contributed by atoms with Gasteiger partial charge in [0, 0.05) is 19.0 Å². The highest BCUT2D eigenvalue weighted by molar-refractivity contribution is 5.77. The Morgan fingerprint density at radius 3 is 2.77 bits per heavy atom. The molecule has 2 atom stereocenters. The number of hydrogen-bond donors (Lipinski definition) is 0. The first kappa shape index (κ1) is 10.6. The summed E-state index contributed by atoms with van der Waals surface area (Å²) in [7, 11) is 0. The van der Waals surface area contributed by atoms with Gasteiger partial charge in [0.05, 0.1) is 0 Å². The summed E-state index contributed by atoms with van der Waals surface area (Å²) < 4.78 is 0. The van der Waals surface area contributed by atoms with Gasteiger partial charge in [0.25, 0.3) is 0 Å². The minimum atomic E-state index is 0.361. The van der Waals surface area contributed by atoms with Gasteiger partial charge in [-0.2, -0.15) is 0 Å². The van der Waals surface area contributed by atoms with Crippen LogP contribution in [-0.4, -0.2) is 23.4 Å². The van der Waals surface area contributed by atoms with Crippen molar-refractivity contribution in [3.8, 4) is 0 Å². The predicted molar refractivity (Wildman–Crippen MR) is 54.5 cm³/mol. The third kappa shape index (κ3) is 2.71. The zero-order valence-corrected chi connectivity index (χ0v) is 9.05. The average molecular weight is 183 g/mol. The van der Waals surface area contributed by atoms with Crippen molar-refractivity contribution in [2.24, 2.45) is 5.92 Å². The van der Waals surface area contributed by atoms with Crippen molar-refractivity contribution >= 4 is 5.91 Å². The molecule has 1 heterocycles. The van der Waals surface area contributed by atoms with Gasteiger partial charge in [-0.3, -0.25) is 4.79 Å². The van der Waals surface area contributed by atoms with Gasteiger partial charge in [0.2, 0.25) is 5.91 Å². The van der Waals surface area contributed by atoms with Gasteiger partial charge >= 0.3 is 0 Å². The first-order chi connectivity index (χ1) is 6.15. The number of hydrogen-bond acceptors (Lipinski definition) is 1. The van der Waals surface area contributed by atoms with Crippen LogP contribution < -0.4 is 0 Å². The largest absolute Gasteiger partial charge is 0.340 e. The second-order valence-electron chi connectivity index (χ2n) is 4.30. The van der Waals surface area contributed by atoms with E-state index in [1.54, 1.807) is 0 Å². The van der Waals surface area contributed by atoms with Gasteiger partial charge in [-0.05, 0) is 25.7 Å². The predicted octanol–water partition coefficient (Wildman–Crippen LogP) is 2.43. The molecule has 76 valence electrons. The van der Waals surface area contributed by atoms with Crippen molar-refractivity contribution in [1.82, 2.24) is 4.90 Å². The zero-order valence-electron chi connectivity index (χ0n) is 9.05. The number of likely N-dealkylation sites (tertiary alicyclic amines) is 1. The van der Waals surface area contributed by atoms with E-state index in [9.17, 15) is 4.79 Å². The molecule has 0 N–H and O–H groups in total. The molecule has 0 saturated carbocycles. The highest BCUT2D eigenvalue weighted by Crippen LogP contribution is 2.19. The molecule has 2 unspecified atom stereocenters. The number of rotatable bonds is 3. The van der Waals surface area contributed by atoms with Crippen LogP contribution in [0.5, 0.6) is 0 Å². The topological polar surface area (TPSA) is 20.3 Å². The Bertz CT molecular complexity index is 179. The van der Waals surface area contributed by atoms with E-state index in [1.807, 2.05) is 4.90 Å². The number of carbonyl (C=O) groups excluding carboxylic acids is 1. The maximum Gasteiger partial charge on any atom is 0.223 e. The van der Waals surface area contributed by atoms with Crippen molar-refractivity contribution in [3.05, 3.63) is 0 Å². The highest BCUT2D eigenvalue weighted by atomic mass is 16.2. The summed E-state index contributed by atoms with van der Waals surface area (Å²) in [6.45, 7) is 7.43. The lowest BCUT2D eigenvalue weighted by Gasteiger charge is -2.22. The van der Waals surface area contributed by atoms with Crippen LogP contribution in [0.2, 0.25) is 0 Å². The van der Waals surface area contributed by atoms with Crippen LogP contribution in [0.4, 0.5) is 0 Å². The van der Waals surface area contributed by atoms with E-state index in [2.05, 4.69) is 20.8 Å². The number of carbonyl (C=O) groups is 1. The van der Waals surface area contributed by atoms with Gasteiger partial charge in [0.1, 0.15) is 0 Å². The van der Waals surface area contributed by atoms with Gasteiger partial charge in [-0.15, -0.1) is 0 Å². The lowest BCUT2D eigenvalue weighted by atomic mass is 10.0. The highest BCUT2D eigenvalue weighted by Gasteiger charge is 2.25. The van der Waals surface area contributed by atoms with Crippen molar-refractivity contribution in [2.75, 3.05) is 6.54 Å². The average Bonchev–Trinajstić information content (AvgIpc) is 2.51. The van der Waals surface area contributed by atoms with E-state index in [0.29, 0.717) is 17.9 Å². The summed E-state index contributed by atoms with van der Waals surface area (Å²) in [5, 5.41) is 0. The second-order valence-corrected chi connectivity index (χ2v) is 4.30. The second kappa shape index (κ2) is 4.64. The number of nitrogens with zero attached hydrogens (tertiary/aromatic N) is 1. The maximum absolute atomic E-state index is 11.8. The molecule has 2 nitrogen and oxygen atoms in total. The standard InChI is InChI=1S/C11H21NO/c1-4-9(2)8-11(13)12-7-5-6-10(12)3/h9-10H,4-8H2,1-3H3. The van der Waals surface area contributed by atoms with Crippen molar-refractivity contribution in [3.63, 3.8) is 0 Å². The van der Waals surface area contributed by atoms with Crippen LogP contribution in [0.3, 0.4) is 0 Å². The van der Waals surface area contributed by atoms with Crippen LogP contribution in [0.15, 0.2) is 0 Å². The summed E-state index contributed by atoms with van der Waals surface area (Å²) in [5.74, 6) is 0.902. The normalized spacial score (nSPS) is 24.8. The summed E-state index contributed by atoms with van der Waals surface area (Å²) in [5.41, 5.74) is 0. The minimum Gasteiger partial charge on any atom is -0.340 e. The van der Waals surface area contributed by atoms with Crippen LogP contribution in [0.1, 0.15) is 46.5 Å². The molecule has 1 rings (SSSR count). The van der Waals surface area contributed by atoms with Crippen molar-refractivity contribution in [1.29, 1.82) is 0 Å². The lowest BCUT2D eigenvalue weighted by Crippen LogP contribution is -2.34. The Morgan fingerprint density at radius 2 is 2.31 bits per heavy atom. The van der Waals surface area contributed by atoms with E-state index in [0.717, 1.165) is 19.4 Å². The van der Waals surface area contributed by atoms with Crippen LogP contribution in [0.25, 0.3) is 0 Å². The van der Waals surface area contributed by atoms with Gasteiger partial charge < -0.3 is 4.90 Å². The molecule has 0 bridgehead atoms. The molecule has 1 saturated heterocycles. The van der Waals surface area contributed by atoms with E-state index < -0.39 is 0 Å². The van der Waals surface area contributed by atoms with E-state index in [-0.39, 0.29) is 0 Å². The molecule has 0 aromatic heterocycles. The Morgan fingerprint density at radius 1 is 1.62 bits per heavy atom. The van der Waals surface area contributed by atoms with Crippen LogP contribution >= 0.6 is 0 Å². The quantitative estimate of drug-likeness (QED) is 0.658. The van der Waals surface area contributed by atoms with Crippen molar-refractivity contribution in [2.45, 2.75) is 52.5 Å². The third-order valence-corrected chi connectivity index (χ3v) is 3.09. The van der Waals surface area contributed by atoms with Crippen LogP contribution in [0, 0.1) is 5.92 Å². The third-order valence-electron chi connectivity index (χ3n) is 3.09. The van der Waals surface area contributed by atoms with E-state index >= 15 is 0 Å². The van der Waals surface area contributed by atoms with E-state index in [1.165, 1.54) is 12.8 Å². The first-order valence-electron chi connectivity index (χ1n) is 5.44. The molecular weight excluding hydrogens is 162 g/mol. The Hall–Kier alpha value is -0.530. The van der Waals surface area contributed by atoms with Gasteiger partial charge in [-0.1, -0.05) is 20.3 Å². The summed E-state index contributed by atoms with van der Waals surface area (Å²) in [6, 6.07) is 0.483. The van der Waals surface area contributed by atoms with E-state index in [4.69, 9.17) is 0 Å². The maximum atomic E-state index is 11.8. The fourth-order valence-corrected chi connectivity index (χ4v) is 1.86. The fourth-order valence-electron chi connectivity index (χ4n) is 1.86. The molecule has 0 spiro atoms. The summed E-state index contributed by atoms with van der Waals surface area (Å²) in [4.78, 5) is 13.8. The molecular formula is C11H21NO. The molecule has 1 aliphatic rings. The molecule has 1 amide bonds. The molecule has 0 aromatic carbocycles.